The SMILES string of the molecule is Cc1ccc(-c2c[nH]c(-c3ccc(C(C)(C)C)cc3)c2)c(C)c1. The molecule has 0 fully saturated rings. The van der Waals surface area contributed by atoms with Gasteiger partial charge in [-0.1, -0.05) is 68.8 Å². The molecular weight excluding hydrogens is 278 g/mol. The molecule has 0 saturated carbocycles. The van der Waals surface area contributed by atoms with Crippen LogP contribution >= 0.6 is 0 Å². The Morgan fingerprint density at radius 1 is 0.783 bits per heavy atom. The highest BCUT2D eigenvalue weighted by Gasteiger charge is 2.13. The zero-order chi connectivity index (χ0) is 16.6. The molecule has 0 amide bonds. The van der Waals surface area contributed by atoms with E-state index < -0.39 is 0 Å². The predicted octanol–water partition coefficient (Wildman–Crippen LogP) is 6.26. The lowest BCUT2D eigenvalue weighted by molar-refractivity contribution is 0.590. The van der Waals surface area contributed by atoms with Crippen molar-refractivity contribution in [2.24, 2.45) is 0 Å². The van der Waals surface area contributed by atoms with Gasteiger partial charge in [-0.25, -0.2) is 0 Å². The minimum absolute atomic E-state index is 0.193. The summed E-state index contributed by atoms with van der Waals surface area (Å²) in [4.78, 5) is 3.42. The highest BCUT2D eigenvalue weighted by atomic mass is 14.7. The van der Waals surface area contributed by atoms with Crippen molar-refractivity contribution >= 4 is 0 Å². The van der Waals surface area contributed by atoms with Gasteiger partial charge in [-0.3, -0.25) is 0 Å². The van der Waals surface area contributed by atoms with Gasteiger partial charge in [-0.2, -0.15) is 0 Å². The number of rotatable bonds is 2. The molecule has 1 aromatic heterocycles. The molecule has 3 aromatic rings. The number of aryl methyl sites for hydroxylation is 2. The van der Waals surface area contributed by atoms with E-state index in [0.29, 0.717) is 0 Å². The Morgan fingerprint density at radius 3 is 2.09 bits per heavy atom. The summed E-state index contributed by atoms with van der Waals surface area (Å²) in [5, 5.41) is 0. The second-order valence-corrected chi connectivity index (χ2v) is 7.45. The Labute approximate surface area is 139 Å². The summed E-state index contributed by atoms with van der Waals surface area (Å²) in [6, 6.07) is 17.7. The van der Waals surface area contributed by atoms with Gasteiger partial charge in [0, 0.05) is 17.5 Å². The number of hydrogen-bond donors (Lipinski definition) is 1. The minimum atomic E-state index is 0.193. The van der Waals surface area contributed by atoms with Gasteiger partial charge < -0.3 is 4.98 Å². The fraction of sp³-hybridized carbons (Fsp3) is 0.273. The fourth-order valence-corrected chi connectivity index (χ4v) is 3.00. The van der Waals surface area contributed by atoms with Crippen molar-refractivity contribution in [1.29, 1.82) is 0 Å². The first-order valence-corrected chi connectivity index (χ1v) is 8.21. The molecule has 3 rings (SSSR count). The molecule has 1 heteroatoms. The van der Waals surface area contributed by atoms with Crippen molar-refractivity contribution < 1.29 is 0 Å². The third-order valence-electron chi connectivity index (χ3n) is 4.44. The fourth-order valence-electron chi connectivity index (χ4n) is 3.00. The van der Waals surface area contributed by atoms with Crippen LogP contribution in [0.5, 0.6) is 0 Å². The standard InChI is InChI=1S/C22H25N/c1-15-6-11-20(16(2)12-15)18-13-21(23-14-18)17-7-9-19(10-8-17)22(3,4)5/h6-14,23H,1-5H3. The van der Waals surface area contributed by atoms with Crippen LogP contribution in [-0.4, -0.2) is 4.98 Å². The number of benzene rings is 2. The highest BCUT2D eigenvalue weighted by Crippen LogP contribution is 2.30. The normalized spacial score (nSPS) is 11.7. The third-order valence-corrected chi connectivity index (χ3v) is 4.44. The van der Waals surface area contributed by atoms with Crippen LogP contribution in [0, 0.1) is 13.8 Å². The van der Waals surface area contributed by atoms with Crippen LogP contribution in [0.2, 0.25) is 0 Å². The Kier molecular flexibility index (Phi) is 3.89. The first-order valence-electron chi connectivity index (χ1n) is 8.21. The number of aromatic amines is 1. The molecule has 1 N–H and O–H groups in total. The summed E-state index contributed by atoms with van der Waals surface area (Å²) < 4.78 is 0. The summed E-state index contributed by atoms with van der Waals surface area (Å²) >= 11 is 0. The summed E-state index contributed by atoms with van der Waals surface area (Å²) in [5.41, 5.74) is 9.12. The molecule has 0 saturated heterocycles. The Balaban J connectivity index is 1.93. The molecule has 2 aromatic carbocycles. The van der Waals surface area contributed by atoms with Gasteiger partial charge in [-0.15, -0.1) is 0 Å². The van der Waals surface area contributed by atoms with Crippen molar-refractivity contribution in [1.82, 2.24) is 4.98 Å². The number of H-pyrrole nitrogens is 1. The van der Waals surface area contributed by atoms with Crippen LogP contribution in [0.15, 0.2) is 54.7 Å². The zero-order valence-electron chi connectivity index (χ0n) is 14.7. The van der Waals surface area contributed by atoms with Gasteiger partial charge >= 0.3 is 0 Å². The van der Waals surface area contributed by atoms with Gasteiger partial charge in [0.15, 0.2) is 0 Å². The van der Waals surface area contributed by atoms with Crippen molar-refractivity contribution in [3.63, 3.8) is 0 Å². The molecule has 1 nitrogen and oxygen atoms in total. The van der Waals surface area contributed by atoms with E-state index in [0.717, 1.165) is 0 Å². The summed E-state index contributed by atoms with van der Waals surface area (Å²) in [6.45, 7) is 11.0. The predicted molar refractivity (Wildman–Crippen MR) is 99.8 cm³/mol. The van der Waals surface area contributed by atoms with E-state index in [4.69, 9.17) is 0 Å². The van der Waals surface area contributed by atoms with E-state index in [-0.39, 0.29) is 5.41 Å². The number of aromatic nitrogens is 1. The van der Waals surface area contributed by atoms with E-state index in [1.807, 2.05) is 0 Å². The molecule has 0 radical (unpaired) electrons. The molecule has 0 aliphatic carbocycles. The molecule has 0 bridgehead atoms. The van der Waals surface area contributed by atoms with Crippen LogP contribution in [-0.2, 0) is 5.41 Å². The van der Waals surface area contributed by atoms with E-state index in [2.05, 4.69) is 94.3 Å². The molecule has 1 heterocycles. The van der Waals surface area contributed by atoms with Gasteiger partial charge in [-0.05, 0) is 47.6 Å². The van der Waals surface area contributed by atoms with E-state index in [1.165, 1.54) is 39.1 Å². The maximum absolute atomic E-state index is 3.42. The molecule has 0 aliphatic heterocycles. The third kappa shape index (κ3) is 3.24. The Bertz CT molecular complexity index is 814. The molecule has 118 valence electrons. The van der Waals surface area contributed by atoms with E-state index in [9.17, 15) is 0 Å². The molecule has 0 aliphatic rings. The zero-order valence-corrected chi connectivity index (χ0v) is 14.7. The number of nitrogens with one attached hydrogen (secondary N) is 1. The van der Waals surface area contributed by atoms with Crippen LogP contribution in [0.25, 0.3) is 22.4 Å². The van der Waals surface area contributed by atoms with Gasteiger partial charge in [0.1, 0.15) is 0 Å². The smallest absolute Gasteiger partial charge is 0.0460 e. The second-order valence-electron chi connectivity index (χ2n) is 7.45. The van der Waals surface area contributed by atoms with Crippen LogP contribution in [0.4, 0.5) is 0 Å². The average Bonchev–Trinajstić information content (AvgIpc) is 2.96. The van der Waals surface area contributed by atoms with E-state index in [1.54, 1.807) is 0 Å². The molecular formula is C22H25N. The Hall–Kier alpha value is -2.28. The maximum Gasteiger partial charge on any atom is 0.0460 e. The molecule has 0 spiro atoms. The van der Waals surface area contributed by atoms with Gasteiger partial charge in [0.2, 0.25) is 0 Å². The first-order chi connectivity index (χ1) is 10.8. The summed E-state index contributed by atoms with van der Waals surface area (Å²) in [5.74, 6) is 0. The lowest BCUT2D eigenvalue weighted by Crippen LogP contribution is -2.10. The maximum atomic E-state index is 3.42. The lowest BCUT2D eigenvalue weighted by Gasteiger charge is -2.19. The monoisotopic (exact) mass is 303 g/mol. The topological polar surface area (TPSA) is 15.8 Å². The van der Waals surface area contributed by atoms with Crippen LogP contribution in [0.1, 0.15) is 37.5 Å². The van der Waals surface area contributed by atoms with Gasteiger partial charge in [0.25, 0.3) is 0 Å². The van der Waals surface area contributed by atoms with Crippen molar-refractivity contribution in [2.75, 3.05) is 0 Å². The van der Waals surface area contributed by atoms with Crippen molar-refractivity contribution in [3.8, 4) is 22.4 Å². The average molecular weight is 303 g/mol. The molecule has 23 heavy (non-hydrogen) atoms. The largest absolute Gasteiger partial charge is 0.361 e. The quantitative estimate of drug-likeness (QED) is 0.575. The second kappa shape index (κ2) is 5.73. The minimum Gasteiger partial charge on any atom is -0.361 e. The number of hydrogen-bond acceptors (Lipinski definition) is 0. The summed E-state index contributed by atoms with van der Waals surface area (Å²) in [7, 11) is 0. The Morgan fingerprint density at radius 2 is 1.48 bits per heavy atom. The first kappa shape index (κ1) is 15.6. The highest BCUT2D eigenvalue weighted by molar-refractivity contribution is 5.73. The van der Waals surface area contributed by atoms with Crippen molar-refractivity contribution in [2.45, 2.75) is 40.0 Å². The van der Waals surface area contributed by atoms with E-state index >= 15 is 0 Å². The van der Waals surface area contributed by atoms with Crippen molar-refractivity contribution in [3.05, 3.63) is 71.4 Å². The molecule has 0 atom stereocenters. The summed E-state index contributed by atoms with van der Waals surface area (Å²) in [6.07, 6.45) is 2.10. The van der Waals surface area contributed by atoms with Gasteiger partial charge in [0.05, 0.1) is 0 Å². The lowest BCUT2D eigenvalue weighted by atomic mass is 9.86. The van der Waals surface area contributed by atoms with Crippen LogP contribution < -0.4 is 0 Å². The van der Waals surface area contributed by atoms with Crippen LogP contribution in [0.3, 0.4) is 0 Å². The molecule has 0 unspecified atom stereocenters.